The van der Waals surface area contributed by atoms with Crippen LogP contribution in [0.5, 0.6) is 0 Å². The van der Waals surface area contributed by atoms with E-state index in [1.807, 2.05) is 38.1 Å². The van der Waals surface area contributed by atoms with E-state index >= 15 is 0 Å². The maximum atomic E-state index is 11.8. The second-order valence-electron chi connectivity index (χ2n) is 6.07. The molecule has 5 nitrogen and oxygen atoms in total. The van der Waals surface area contributed by atoms with Crippen LogP contribution in [0.3, 0.4) is 0 Å². The number of hydrogen-bond donors (Lipinski definition) is 3. The molecular formula is C17H28N4O. The van der Waals surface area contributed by atoms with Crippen molar-refractivity contribution in [2.24, 2.45) is 10.9 Å². The smallest absolute Gasteiger partial charge is 0.224 e. The molecule has 0 fully saturated rings. The van der Waals surface area contributed by atoms with Crippen LogP contribution in [0.1, 0.15) is 39.7 Å². The Bertz CT molecular complexity index is 509. The number of rotatable bonds is 6. The van der Waals surface area contributed by atoms with Gasteiger partial charge in [-0.05, 0) is 37.5 Å². The zero-order valence-corrected chi connectivity index (χ0v) is 14.2. The molecular weight excluding hydrogens is 276 g/mol. The van der Waals surface area contributed by atoms with Crippen molar-refractivity contribution in [1.29, 1.82) is 0 Å². The van der Waals surface area contributed by atoms with Gasteiger partial charge in [0.25, 0.3) is 0 Å². The quantitative estimate of drug-likeness (QED) is 0.559. The van der Waals surface area contributed by atoms with Gasteiger partial charge < -0.3 is 16.0 Å². The van der Waals surface area contributed by atoms with Gasteiger partial charge in [0.2, 0.25) is 5.91 Å². The number of benzene rings is 1. The molecule has 0 atom stereocenters. The molecule has 0 aliphatic rings. The van der Waals surface area contributed by atoms with Crippen molar-refractivity contribution >= 4 is 17.6 Å². The molecule has 0 bridgehead atoms. The van der Waals surface area contributed by atoms with Gasteiger partial charge in [0.05, 0.1) is 0 Å². The van der Waals surface area contributed by atoms with E-state index in [1.54, 1.807) is 7.05 Å². The lowest BCUT2D eigenvalue weighted by Gasteiger charge is -2.15. The third kappa shape index (κ3) is 7.11. The van der Waals surface area contributed by atoms with E-state index < -0.39 is 0 Å². The molecule has 0 aromatic heterocycles. The predicted octanol–water partition coefficient (Wildman–Crippen LogP) is 2.74. The Morgan fingerprint density at radius 2 is 1.95 bits per heavy atom. The van der Waals surface area contributed by atoms with Crippen molar-refractivity contribution in [2.45, 2.75) is 46.7 Å². The van der Waals surface area contributed by atoms with Crippen LogP contribution in [0.4, 0.5) is 5.69 Å². The average Bonchev–Trinajstić information content (AvgIpc) is 2.42. The Labute approximate surface area is 133 Å². The molecule has 5 heteroatoms. The summed E-state index contributed by atoms with van der Waals surface area (Å²) in [6.07, 6.45) is 0.535. The Morgan fingerprint density at radius 3 is 2.55 bits per heavy atom. The molecule has 0 saturated carbocycles. The molecule has 0 aliphatic carbocycles. The zero-order valence-electron chi connectivity index (χ0n) is 14.2. The average molecular weight is 304 g/mol. The number of amides is 1. The topological polar surface area (TPSA) is 65.5 Å². The fourth-order valence-corrected chi connectivity index (χ4v) is 2.00. The van der Waals surface area contributed by atoms with Gasteiger partial charge in [0.1, 0.15) is 0 Å². The van der Waals surface area contributed by atoms with E-state index in [0.29, 0.717) is 24.9 Å². The molecule has 0 heterocycles. The molecule has 3 N–H and O–H groups in total. The lowest BCUT2D eigenvalue weighted by Crippen LogP contribution is -2.40. The second-order valence-corrected chi connectivity index (χ2v) is 6.07. The summed E-state index contributed by atoms with van der Waals surface area (Å²) in [6, 6.07) is 8.18. The summed E-state index contributed by atoms with van der Waals surface area (Å²) in [5, 5.41) is 9.43. The highest BCUT2D eigenvalue weighted by molar-refractivity contribution is 5.90. The van der Waals surface area contributed by atoms with E-state index in [0.717, 1.165) is 17.2 Å². The van der Waals surface area contributed by atoms with Crippen LogP contribution in [0.15, 0.2) is 29.3 Å². The van der Waals surface area contributed by atoms with Crippen LogP contribution in [0, 0.1) is 5.92 Å². The minimum Gasteiger partial charge on any atom is -0.354 e. The Kier molecular flexibility index (Phi) is 7.43. The maximum Gasteiger partial charge on any atom is 0.224 e. The number of carbonyl (C=O) groups is 1. The van der Waals surface area contributed by atoms with Gasteiger partial charge in [0.15, 0.2) is 5.96 Å². The lowest BCUT2D eigenvalue weighted by atomic mass is 10.1. The summed E-state index contributed by atoms with van der Waals surface area (Å²) in [4.78, 5) is 16.0. The van der Waals surface area contributed by atoms with Gasteiger partial charge in [-0.1, -0.05) is 26.0 Å². The lowest BCUT2D eigenvalue weighted by molar-refractivity contribution is -0.116. The summed E-state index contributed by atoms with van der Waals surface area (Å²) < 4.78 is 0. The van der Waals surface area contributed by atoms with Crippen LogP contribution in [-0.2, 0) is 11.3 Å². The van der Waals surface area contributed by atoms with Crippen molar-refractivity contribution in [1.82, 2.24) is 10.6 Å². The van der Waals surface area contributed by atoms with E-state index in [-0.39, 0.29) is 5.91 Å². The fourth-order valence-electron chi connectivity index (χ4n) is 2.00. The van der Waals surface area contributed by atoms with E-state index in [1.165, 1.54) is 0 Å². The van der Waals surface area contributed by atoms with Gasteiger partial charge in [-0.15, -0.1) is 0 Å². The molecule has 1 rings (SSSR count). The standard InChI is InChI=1S/C17H28N4O/c1-12(2)9-16(22)21-15-8-6-7-14(10-15)11-19-17(18-5)20-13(3)4/h6-8,10,12-13H,9,11H2,1-5H3,(H,21,22)(H2,18,19,20). The molecule has 1 aromatic rings. The molecule has 0 aliphatic heterocycles. The number of nitrogens with one attached hydrogen (secondary N) is 3. The first-order valence-corrected chi connectivity index (χ1v) is 7.76. The van der Waals surface area contributed by atoms with Gasteiger partial charge in [-0.25, -0.2) is 0 Å². The Balaban J connectivity index is 2.59. The van der Waals surface area contributed by atoms with Crippen molar-refractivity contribution in [2.75, 3.05) is 12.4 Å². The third-order valence-corrected chi connectivity index (χ3v) is 2.91. The molecule has 0 saturated heterocycles. The molecule has 1 amide bonds. The van der Waals surface area contributed by atoms with Crippen molar-refractivity contribution in [3.05, 3.63) is 29.8 Å². The van der Waals surface area contributed by atoms with E-state index in [2.05, 4.69) is 34.8 Å². The van der Waals surface area contributed by atoms with E-state index in [4.69, 9.17) is 0 Å². The molecule has 22 heavy (non-hydrogen) atoms. The molecule has 1 aromatic carbocycles. The predicted molar refractivity (Wildman–Crippen MR) is 93.0 cm³/mol. The molecule has 122 valence electrons. The summed E-state index contributed by atoms with van der Waals surface area (Å²) in [5.41, 5.74) is 1.92. The summed E-state index contributed by atoms with van der Waals surface area (Å²) in [6.45, 7) is 8.86. The second kappa shape index (κ2) is 9.07. The normalized spacial score (nSPS) is 11.7. The Hall–Kier alpha value is -2.04. The zero-order chi connectivity index (χ0) is 16.5. The maximum absolute atomic E-state index is 11.8. The van der Waals surface area contributed by atoms with Gasteiger partial charge in [-0.3, -0.25) is 9.79 Å². The number of hydrogen-bond acceptors (Lipinski definition) is 2. The van der Waals surface area contributed by atoms with Crippen LogP contribution >= 0.6 is 0 Å². The molecule has 0 radical (unpaired) electrons. The Morgan fingerprint density at radius 1 is 1.23 bits per heavy atom. The first-order chi connectivity index (χ1) is 10.4. The number of guanidine groups is 1. The van der Waals surface area contributed by atoms with Crippen LogP contribution in [-0.4, -0.2) is 25.0 Å². The number of anilines is 1. The minimum absolute atomic E-state index is 0.0531. The summed E-state index contributed by atoms with van der Waals surface area (Å²) in [7, 11) is 1.75. The first kappa shape index (κ1) is 18.0. The van der Waals surface area contributed by atoms with Crippen molar-refractivity contribution in [3.8, 4) is 0 Å². The molecule has 0 unspecified atom stereocenters. The minimum atomic E-state index is 0.0531. The highest BCUT2D eigenvalue weighted by atomic mass is 16.1. The van der Waals surface area contributed by atoms with Crippen LogP contribution in [0.2, 0.25) is 0 Å². The highest BCUT2D eigenvalue weighted by Gasteiger charge is 2.06. The van der Waals surface area contributed by atoms with Crippen LogP contribution < -0.4 is 16.0 Å². The fraction of sp³-hybridized carbons (Fsp3) is 0.529. The largest absolute Gasteiger partial charge is 0.354 e. The highest BCUT2D eigenvalue weighted by Crippen LogP contribution is 2.12. The molecule has 0 spiro atoms. The number of carbonyl (C=O) groups excluding carboxylic acids is 1. The monoisotopic (exact) mass is 304 g/mol. The van der Waals surface area contributed by atoms with Gasteiger partial charge in [-0.2, -0.15) is 0 Å². The number of aliphatic imine (C=N–C) groups is 1. The number of nitrogens with zero attached hydrogens (tertiary/aromatic N) is 1. The van der Waals surface area contributed by atoms with Crippen molar-refractivity contribution in [3.63, 3.8) is 0 Å². The first-order valence-electron chi connectivity index (χ1n) is 7.76. The van der Waals surface area contributed by atoms with Gasteiger partial charge in [0, 0.05) is 31.7 Å². The van der Waals surface area contributed by atoms with Crippen LogP contribution in [0.25, 0.3) is 0 Å². The SMILES string of the molecule is CN=C(NCc1cccc(NC(=O)CC(C)C)c1)NC(C)C. The van der Waals surface area contributed by atoms with E-state index in [9.17, 15) is 4.79 Å². The third-order valence-electron chi connectivity index (χ3n) is 2.91. The van der Waals surface area contributed by atoms with Crippen molar-refractivity contribution < 1.29 is 4.79 Å². The summed E-state index contributed by atoms with van der Waals surface area (Å²) in [5.74, 6) is 1.18. The van der Waals surface area contributed by atoms with Gasteiger partial charge >= 0.3 is 0 Å². The summed E-state index contributed by atoms with van der Waals surface area (Å²) >= 11 is 0.